The minimum Gasteiger partial charge on any atom is -0.492 e. The van der Waals surface area contributed by atoms with E-state index >= 15 is 0 Å². The Morgan fingerprint density at radius 2 is 1.42 bits per heavy atom. The van der Waals surface area contributed by atoms with Crippen LogP contribution in [0.2, 0.25) is 0 Å². The van der Waals surface area contributed by atoms with Crippen molar-refractivity contribution in [2.24, 2.45) is 0 Å². The minimum atomic E-state index is 0.0690. The lowest BCUT2D eigenvalue weighted by Crippen LogP contribution is -2.28. The van der Waals surface area contributed by atoms with Gasteiger partial charge < -0.3 is 10.1 Å². The van der Waals surface area contributed by atoms with E-state index in [2.05, 4.69) is 55.6 Å². The number of carbonyl (C=O) groups is 1. The maximum Gasteiger partial charge on any atom is 0.220 e. The van der Waals surface area contributed by atoms with Gasteiger partial charge in [0.2, 0.25) is 5.91 Å². The van der Waals surface area contributed by atoms with Gasteiger partial charge in [0.15, 0.2) is 0 Å². The Morgan fingerprint density at radius 1 is 0.875 bits per heavy atom. The number of hydrogen-bond donors (Lipinski definition) is 1. The monoisotopic (exact) mass is 325 g/mol. The molecule has 1 N–H and O–H groups in total. The van der Waals surface area contributed by atoms with E-state index in [4.69, 9.17) is 4.74 Å². The third-order valence-corrected chi connectivity index (χ3v) is 4.10. The first-order valence-electron chi connectivity index (χ1n) is 8.77. The van der Waals surface area contributed by atoms with Crippen molar-refractivity contribution in [2.45, 2.75) is 39.5 Å². The highest BCUT2D eigenvalue weighted by Crippen LogP contribution is 2.12. The molecule has 0 bridgehead atoms. The number of amides is 1. The van der Waals surface area contributed by atoms with Crippen LogP contribution in [0.15, 0.2) is 48.5 Å². The highest BCUT2D eigenvalue weighted by Gasteiger charge is 2.02. The van der Waals surface area contributed by atoms with E-state index < -0.39 is 0 Å². The van der Waals surface area contributed by atoms with Crippen LogP contribution >= 0.6 is 0 Å². The van der Waals surface area contributed by atoms with Gasteiger partial charge in [-0.25, -0.2) is 0 Å². The lowest BCUT2D eigenvalue weighted by molar-refractivity contribution is -0.121. The molecular formula is C21H27NO2. The van der Waals surface area contributed by atoms with Gasteiger partial charge >= 0.3 is 0 Å². The summed E-state index contributed by atoms with van der Waals surface area (Å²) in [4.78, 5) is 11.9. The molecule has 1 amide bonds. The third kappa shape index (κ3) is 6.07. The number of rotatable bonds is 9. The molecule has 0 fully saturated rings. The van der Waals surface area contributed by atoms with Gasteiger partial charge in [-0.1, -0.05) is 50.2 Å². The van der Waals surface area contributed by atoms with Crippen LogP contribution in [0.1, 0.15) is 37.0 Å². The minimum absolute atomic E-state index is 0.0690. The van der Waals surface area contributed by atoms with Crippen molar-refractivity contribution in [3.8, 4) is 5.75 Å². The molecule has 0 radical (unpaired) electrons. The number of benzene rings is 2. The maximum absolute atomic E-state index is 11.9. The van der Waals surface area contributed by atoms with Crippen LogP contribution in [-0.4, -0.2) is 19.1 Å². The Morgan fingerprint density at radius 3 is 2.00 bits per heavy atom. The second-order valence-electron chi connectivity index (χ2n) is 5.87. The average Bonchev–Trinajstić information content (AvgIpc) is 2.64. The summed E-state index contributed by atoms with van der Waals surface area (Å²) >= 11 is 0. The number of ether oxygens (including phenoxy) is 1. The van der Waals surface area contributed by atoms with Gasteiger partial charge in [-0.15, -0.1) is 0 Å². The van der Waals surface area contributed by atoms with Crippen LogP contribution in [-0.2, 0) is 24.1 Å². The molecule has 0 aliphatic heterocycles. The van der Waals surface area contributed by atoms with Crippen molar-refractivity contribution in [3.05, 3.63) is 65.2 Å². The summed E-state index contributed by atoms with van der Waals surface area (Å²) in [5, 5.41) is 2.90. The van der Waals surface area contributed by atoms with Gasteiger partial charge in [0.1, 0.15) is 12.4 Å². The van der Waals surface area contributed by atoms with Gasteiger partial charge in [-0.05, 0) is 48.1 Å². The van der Waals surface area contributed by atoms with Crippen molar-refractivity contribution in [1.29, 1.82) is 0 Å². The Bertz CT molecular complexity index is 617. The van der Waals surface area contributed by atoms with Gasteiger partial charge in [0.25, 0.3) is 0 Å². The van der Waals surface area contributed by atoms with Crippen LogP contribution in [0.3, 0.4) is 0 Å². The SMILES string of the molecule is CCc1ccc(CCC(=O)NCCOc2ccc(CC)cc2)cc1. The van der Waals surface area contributed by atoms with Crippen molar-refractivity contribution in [2.75, 3.05) is 13.2 Å². The van der Waals surface area contributed by atoms with E-state index in [0.717, 1.165) is 25.0 Å². The van der Waals surface area contributed by atoms with Crippen LogP contribution < -0.4 is 10.1 Å². The lowest BCUT2D eigenvalue weighted by atomic mass is 10.1. The Labute approximate surface area is 145 Å². The van der Waals surface area contributed by atoms with E-state index in [1.807, 2.05) is 12.1 Å². The Kier molecular flexibility index (Phi) is 7.34. The fraction of sp³-hybridized carbons (Fsp3) is 0.381. The molecule has 2 rings (SSSR count). The Balaban J connectivity index is 1.62. The topological polar surface area (TPSA) is 38.3 Å². The van der Waals surface area contributed by atoms with Crippen molar-refractivity contribution >= 4 is 5.91 Å². The summed E-state index contributed by atoms with van der Waals surface area (Å²) in [6, 6.07) is 16.6. The fourth-order valence-corrected chi connectivity index (χ4v) is 2.47. The van der Waals surface area contributed by atoms with Crippen LogP contribution in [0.5, 0.6) is 5.75 Å². The standard InChI is InChI=1S/C21H27NO2/c1-3-17-5-7-19(8-6-17)11-14-21(23)22-15-16-24-20-12-9-18(4-2)10-13-20/h5-10,12-13H,3-4,11,14-16H2,1-2H3,(H,22,23). The summed E-state index contributed by atoms with van der Waals surface area (Å²) < 4.78 is 5.63. The second kappa shape index (κ2) is 9.76. The summed E-state index contributed by atoms with van der Waals surface area (Å²) in [5.74, 6) is 0.914. The molecule has 0 unspecified atom stereocenters. The largest absolute Gasteiger partial charge is 0.492 e. The quantitative estimate of drug-likeness (QED) is 0.709. The predicted octanol–water partition coefficient (Wildman–Crippen LogP) is 3.94. The third-order valence-electron chi connectivity index (χ3n) is 4.10. The summed E-state index contributed by atoms with van der Waals surface area (Å²) in [6.07, 6.45) is 3.35. The smallest absolute Gasteiger partial charge is 0.220 e. The second-order valence-corrected chi connectivity index (χ2v) is 5.87. The molecule has 3 nitrogen and oxygen atoms in total. The first kappa shape index (κ1) is 18.1. The summed E-state index contributed by atoms with van der Waals surface area (Å²) in [7, 11) is 0. The number of aryl methyl sites for hydroxylation is 3. The normalized spacial score (nSPS) is 10.4. The lowest BCUT2D eigenvalue weighted by Gasteiger charge is -2.08. The van der Waals surface area contributed by atoms with E-state index in [1.165, 1.54) is 16.7 Å². The van der Waals surface area contributed by atoms with Crippen molar-refractivity contribution in [3.63, 3.8) is 0 Å². The molecule has 0 aliphatic rings. The molecule has 3 heteroatoms. The molecule has 0 atom stereocenters. The molecule has 0 aliphatic carbocycles. The first-order chi connectivity index (χ1) is 11.7. The van der Waals surface area contributed by atoms with E-state index in [1.54, 1.807) is 0 Å². The molecule has 0 spiro atoms. The number of nitrogens with one attached hydrogen (secondary N) is 1. The highest BCUT2D eigenvalue weighted by atomic mass is 16.5. The first-order valence-corrected chi connectivity index (χ1v) is 8.77. The maximum atomic E-state index is 11.9. The van der Waals surface area contributed by atoms with Crippen molar-refractivity contribution < 1.29 is 9.53 Å². The zero-order chi connectivity index (χ0) is 17.2. The molecule has 0 saturated carbocycles. The van der Waals surface area contributed by atoms with E-state index in [9.17, 15) is 4.79 Å². The average molecular weight is 325 g/mol. The summed E-state index contributed by atoms with van der Waals surface area (Å²) in [6.45, 7) is 5.29. The molecular weight excluding hydrogens is 298 g/mol. The van der Waals surface area contributed by atoms with Gasteiger partial charge in [0.05, 0.1) is 6.54 Å². The van der Waals surface area contributed by atoms with Crippen LogP contribution in [0, 0.1) is 0 Å². The van der Waals surface area contributed by atoms with Crippen LogP contribution in [0.25, 0.3) is 0 Å². The molecule has 0 aromatic heterocycles. The van der Waals surface area contributed by atoms with Gasteiger partial charge in [-0.2, -0.15) is 0 Å². The molecule has 0 heterocycles. The van der Waals surface area contributed by atoms with Crippen molar-refractivity contribution in [1.82, 2.24) is 5.32 Å². The number of carbonyl (C=O) groups excluding carboxylic acids is 1. The van der Waals surface area contributed by atoms with E-state index in [-0.39, 0.29) is 5.91 Å². The van der Waals surface area contributed by atoms with Crippen LogP contribution in [0.4, 0.5) is 0 Å². The zero-order valence-corrected chi connectivity index (χ0v) is 14.7. The van der Waals surface area contributed by atoms with Gasteiger partial charge in [0, 0.05) is 6.42 Å². The fourth-order valence-electron chi connectivity index (χ4n) is 2.47. The molecule has 0 saturated heterocycles. The predicted molar refractivity (Wildman–Crippen MR) is 98.5 cm³/mol. The molecule has 2 aromatic carbocycles. The zero-order valence-electron chi connectivity index (χ0n) is 14.7. The molecule has 128 valence electrons. The molecule has 2 aromatic rings. The molecule has 24 heavy (non-hydrogen) atoms. The van der Waals surface area contributed by atoms with Gasteiger partial charge in [-0.3, -0.25) is 4.79 Å². The number of hydrogen-bond acceptors (Lipinski definition) is 2. The van der Waals surface area contributed by atoms with E-state index in [0.29, 0.717) is 19.6 Å². The summed E-state index contributed by atoms with van der Waals surface area (Å²) in [5.41, 5.74) is 3.82. The Hall–Kier alpha value is -2.29. The highest BCUT2D eigenvalue weighted by molar-refractivity contribution is 5.76.